The van der Waals surface area contributed by atoms with Crippen molar-refractivity contribution in [3.8, 4) is 11.8 Å². The van der Waals surface area contributed by atoms with Crippen LogP contribution in [0.1, 0.15) is 52.7 Å². The van der Waals surface area contributed by atoms with Gasteiger partial charge in [0, 0.05) is 11.1 Å². The van der Waals surface area contributed by atoms with Crippen molar-refractivity contribution >= 4 is 23.1 Å². The van der Waals surface area contributed by atoms with E-state index in [0.717, 1.165) is 11.1 Å². The number of rotatable bonds is 4. The molecule has 1 amide bonds. The maximum atomic E-state index is 14.4. The number of ether oxygens (including phenoxy) is 3. The predicted molar refractivity (Wildman–Crippen MR) is 122 cm³/mol. The molecule has 0 radical (unpaired) electrons. The molecule has 2 N–H and O–H groups in total. The van der Waals surface area contributed by atoms with Crippen LogP contribution in [0.2, 0.25) is 0 Å². The monoisotopic (exact) mass is 449 g/mol. The molecule has 0 saturated carbocycles. The molecular formula is C25H27N3O5. The van der Waals surface area contributed by atoms with Crippen LogP contribution in [-0.2, 0) is 24.5 Å². The SMILES string of the molecule is CCOC(=O)C1=C(C)OC(N)=C(C#N)C12C(=O)N1c3c(cc(OCC)cc32)C(C)=CC1(C)C. The Labute approximate surface area is 192 Å². The van der Waals surface area contributed by atoms with E-state index in [9.17, 15) is 14.9 Å². The van der Waals surface area contributed by atoms with Crippen LogP contribution in [0.5, 0.6) is 5.75 Å². The molecule has 0 aromatic heterocycles. The first-order valence-electron chi connectivity index (χ1n) is 10.9. The Morgan fingerprint density at radius 2 is 1.94 bits per heavy atom. The van der Waals surface area contributed by atoms with Gasteiger partial charge in [0.05, 0.1) is 24.4 Å². The number of carbonyl (C=O) groups excluding carboxylic acids is 2. The summed E-state index contributed by atoms with van der Waals surface area (Å²) >= 11 is 0. The number of anilines is 1. The molecule has 8 nitrogen and oxygen atoms in total. The molecule has 1 unspecified atom stereocenters. The van der Waals surface area contributed by atoms with Gasteiger partial charge in [-0.25, -0.2) is 4.79 Å². The minimum Gasteiger partial charge on any atom is -0.494 e. The standard InChI is InChI=1S/C25H27N3O5/c1-7-31-15-9-16-13(3)11-24(5,6)28-20(16)17(10-15)25(23(28)30)18(12-26)21(27)33-14(4)19(25)22(29)32-8-2/h9-11H,7-8,27H2,1-6H3. The molecule has 0 bridgehead atoms. The summed E-state index contributed by atoms with van der Waals surface area (Å²) in [6.45, 7) is 11.4. The molecule has 1 aromatic rings. The summed E-state index contributed by atoms with van der Waals surface area (Å²) < 4.78 is 16.7. The van der Waals surface area contributed by atoms with Gasteiger partial charge in [-0.2, -0.15) is 5.26 Å². The highest BCUT2D eigenvalue weighted by atomic mass is 16.5. The molecule has 1 atom stereocenters. The lowest BCUT2D eigenvalue weighted by atomic mass is 9.68. The van der Waals surface area contributed by atoms with E-state index in [4.69, 9.17) is 19.9 Å². The smallest absolute Gasteiger partial charge is 0.339 e. The zero-order chi connectivity index (χ0) is 24.3. The summed E-state index contributed by atoms with van der Waals surface area (Å²) in [7, 11) is 0. The number of fused-ring (bicyclic) bond motifs is 1. The Morgan fingerprint density at radius 1 is 1.24 bits per heavy atom. The zero-order valence-electron chi connectivity index (χ0n) is 19.7. The molecule has 3 aliphatic heterocycles. The van der Waals surface area contributed by atoms with Crippen molar-refractivity contribution in [3.05, 3.63) is 52.1 Å². The molecular weight excluding hydrogens is 422 g/mol. The molecule has 3 aliphatic rings. The third kappa shape index (κ3) is 2.81. The number of benzene rings is 1. The Balaban J connectivity index is 2.20. The molecule has 0 saturated heterocycles. The summed E-state index contributed by atoms with van der Waals surface area (Å²) in [6.07, 6.45) is 1.99. The maximum absolute atomic E-state index is 14.4. The first-order chi connectivity index (χ1) is 15.6. The van der Waals surface area contributed by atoms with Gasteiger partial charge in [-0.15, -0.1) is 0 Å². The van der Waals surface area contributed by atoms with E-state index < -0.39 is 22.8 Å². The van der Waals surface area contributed by atoms with Crippen LogP contribution in [0.3, 0.4) is 0 Å². The van der Waals surface area contributed by atoms with Crippen LogP contribution in [0, 0.1) is 11.3 Å². The van der Waals surface area contributed by atoms with Crippen LogP contribution >= 0.6 is 0 Å². The van der Waals surface area contributed by atoms with Gasteiger partial charge in [0.1, 0.15) is 28.7 Å². The molecule has 1 aromatic carbocycles. The van der Waals surface area contributed by atoms with Crippen molar-refractivity contribution in [2.75, 3.05) is 18.1 Å². The van der Waals surface area contributed by atoms with Crippen molar-refractivity contribution in [1.29, 1.82) is 5.26 Å². The molecule has 3 heterocycles. The highest BCUT2D eigenvalue weighted by Gasteiger charge is 2.65. The van der Waals surface area contributed by atoms with Gasteiger partial charge >= 0.3 is 5.97 Å². The summed E-state index contributed by atoms with van der Waals surface area (Å²) in [5, 5.41) is 10.2. The van der Waals surface area contributed by atoms with Crippen molar-refractivity contribution in [2.45, 2.75) is 52.5 Å². The van der Waals surface area contributed by atoms with Crippen LogP contribution in [0.15, 0.2) is 41.0 Å². The molecule has 0 aliphatic carbocycles. The van der Waals surface area contributed by atoms with E-state index in [1.165, 1.54) is 0 Å². The Kier molecular flexibility index (Phi) is 5.04. The zero-order valence-corrected chi connectivity index (χ0v) is 19.7. The van der Waals surface area contributed by atoms with E-state index in [-0.39, 0.29) is 29.4 Å². The van der Waals surface area contributed by atoms with Crippen LogP contribution in [-0.4, -0.2) is 30.6 Å². The average molecular weight is 450 g/mol. The lowest BCUT2D eigenvalue weighted by molar-refractivity contribution is -0.141. The second-order valence-electron chi connectivity index (χ2n) is 8.78. The van der Waals surface area contributed by atoms with Gasteiger partial charge in [-0.3, -0.25) is 4.79 Å². The Morgan fingerprint density at radius 3 is 2.55 bits per heavy atom. The molecule has 172 valence electrons. The van der Waals surface area contributed by atoms with Gasteiger partial charge in [-0.05, 0) is 59.2 Å². The van der Waals surface area contributed by atoms with Crippen LogP contribution in [0.4, 0.5) is 5.69 Å². The van der Waals surface area contributed by atoms with Gasteiger partial charge in [0.15, 0.2) is 5.41 Å². The number of esters is 1. The fraction of sp³-hybridized carbons (Fsp3) is 0.400. The van der Waals surface area contributed by atoms with Crippen LogP contribution < -0.4 is 15.4 Å². The number of nitrogens with two attached hydrogens (primary N) is 1. The number of amides is 1. The summed E-state index contributed by atoms with van der Waals surface area (Å²) in [6, 6.07) is 5.66. The third-order valence-electron chi connectivity index (χ3n) is 6.32. The quantitative estimate of drug-likeness (QED) is 0.700. The highest BCUT2D eigenvalue weighted by molar-refractivity contribution is 6.21. The molecule has 33 heavy (non-hydrogen) atoms. The van der Waals surface area contributed by atoms with Gasteiger partial charge in [-0.1, -0.05) is 6.08 Å². The van der Waals surface area contributed by atoms with Gasteiger partial charge in [0.2, 0.25) is 11.8 Å². The third-order valence-corrected chi connectivity index (χ3v) is 6.32. The Bertz CT molecular complexity index is 1230. The number of carbonyl (C=O) groups is 2. The summed E-state index contributed by atoms with van der Waals surface area (Å²) in [5.74, 6) is -0.755. The second kappa shape index (κ2) is 7.41. The number of hydrogen-bond donors (Lipinski definition) is 1. The fourth-order valence-electron chi connectivity index (χ4n) is 5.25. The van der Waals surface area contributed by atoms with E-state index >= 15 is 0 Å². The van der Waals surface area contributed by atoms with E-state index in [0.29, 0.717) is 23.6 Å². The summed E-state index contributed by atoms with van der Waals surface area (Å²) in [5.41, 5.74) is 6.29. The lowest BCUT2D eigenvalue weighted by Crippen LogP contribution is -2.54. The van der Waals surface area contributed by atoms with Crippen molar-refractivity contribution < 1.29 is 23.8 Å². The molecule has 4 rings (SSSR count). The highest BCUT2D eigenvalue weighted by Crippen LogP contribution is 2.59. The first kappa shape index (κ1) is 22.5. The van der Waals surface area contributed by atoms with E-state index in [1.54, 1.807) is 24.8 Å². The minimum absolute atomic E-state index is 0.0428. The van der Waals surface area contributed by atoms with Crippen LogP contribution in [0.25, 0.3) is 5.57 Å². The second-order valence-corrected chi connectivity index (χ2v) is 8.78. The van der Waals surface area contributed by atoms with E-state index in [2.05, 4.69) is 6.07 Å². The lowest BCUT2D eigenvalue weighted by Gasteiger charge is -2.40. The maximum Gasteiger partial charge on any atom is 0.339 e. The molecule has 1 spiro atoms. The topological polar surface area (TPSA) is 115 Å². The van der Waals surface area contributed by atoms with E-state index in [1.807, 2.05) is 39.8 Å². The summed E-state index contributed by atoms with van der Waals surface area (Å²) in [4.78, 5) is 29.4. The normalized spacial score (nSPS) is 22.6. The number of allylic oxidation sites excluding steroid dienone is 2. The minimum atomic E-state index is -1.81. The van der Waals surface area contributed by atoms with Crippen molar-refractivity contribution in [3.63, 3.8) is 0 Å². The Hall–Kier alpha value is -3.73. The van der Waals surface area contributed by atoms with Crippen molar-refractivity contribution in [1.82, 2.24) is 0 Å². The fourth-order valence-corrected chi connectivity index (χ4v) is 5.25. The number of nitriles is 1. The first-order valence-corrected chi connectivity index (χ1v) is 10.9. The molecule has 0 fully saturated rings. The number of nitrogens with zero attached hydrogens (tertiary/aromatic N) is 2. The largest absolute Gasteiger partial charge is 0.494 e. The predicted octanol–water partition coefficient (Wildman–Crippen LogP) is 3.43. The van der Waals surface area contributed by atoms with Crippen molar-refractivity contribution in [2.24, 2.45) is 5.73 Å². The van der Waals surface area contributed by atoms with Gasteiger partial charge in [0.25, 0.3) is 0 Å². The van der Waals surface area contributed by atoms with Gasteiger partial charge < -0.3 is 24.8 Å². The molecule has 8 heteroatoms. The average Bonchev–Trinajstić information content (AvgIpc) is 2.97. The number of hydrogen-bond acceptors (Lipinski definition) is 7.